The van der Waals surface area contributed by atoms with Crippen LogP contribution in [0.15, 0.2) is 28.6 Å². The van der Waals surface area contributed by atoms with Crippen molar-refractivity contribution in [2.45, 2.75) is 0 Å². The van der Waals surface area contributed by atoms with Gasteiger partial charge in [0.25, 0.3) is 0 Å². The Morgan fingerprint density at radius 3 is 2.71 bits per heavy atom. The number of thiazole rings is 1. The van der Waals surface area contributed by atoms with Gasteiger partial charge in [-0.2, -0.15) is 0 Å². The second kappa shape index (κ2) is 4.71. The molecule has 90 valence electrons. The molecular formula is C12H13FN2OS. The molecule has 2 aromatic rings. The van der Waals surface area contributed by atoms with Crippen LogP contribution in [0.25, 0.3) is 11.3 Å². The number of benzene rings is 1. The molecule has 0 aliphatic rings. The first-order valence-corrected chi connectivity index (χ1v) is 5.96. The van der Waals surface area contributed by atoms with Crippen LogP contribution in [-0.2, 0) is 7.05 Å². The molecule has 2 rings (SSSR count). The number of ether oxygens (including phenoxy) is 1. The Hall–Kier alpha value is -1.62. The lowest BCUT2D eigenvalue weighted by molar-refractivity contribution is 0.386. The van der Waals surface area contributed by atoms with Crippen LogP contribution in [0.5, 0.6) is 5.75 Å². The third-order valence-electron chi connectivity index (χ3n) is 2.56. The van der Waals surface area contributed by atoms with Gasteiger partial charge in [-0.25, -0.2) is 4.39 Å². The van der Waals surface area contributed by atoms with Gasteiger partial charge in [-0.3, -0.25) is 4.99 Å². The van der Waals surface area contributed by atoms with Crippen LogP contribution in [0.1, 0.15) is 0 Å². The van der Waals surface area contributed by atoms with Gasteiger partial charge >= 0.3 is 0 Å². The summed E-state index contributed by atoms with van der Waals surface area (Å²) in [6.45, 7) is 0. The van der Waals surface area contributed by atoms with Crippen molar-refractivity contribution >= 4 is 11.3 Å². The molecule has 1 heterocycles. The van der Waals surface area contributed by atoms with Gasteiger partial charge in [0.1, 0.15) is 0 Å². The molecule has 1 aromatic heterocycles. The zero-order valence-electron chi connectivity index (χ0n) is 9.90. The Balaban J connectivity index is 2.54. The molecule has 0 aliphatic heterocycles. The molecule has 0 fully saturated rings. The summed E-state index contributed by atoms with van der Waals surface area (Å²) in [5, 5.41) is 1.96. The summed E-state index contributed by atoms with van der Waals surface area (Å²) in [5.74, 6) is -0.0989. The van der Waals surface area contributed by atoms with Gasteiger partial charge in [0, 0.05) is 25.0 Å². The van der Waals surface area contributed by atoms with Gasteiger partial charge in [-0.15, -0.1) is 11.3 Å². The van der Waals surface area contributed by atoms with Crippen LogP contribution in [0.4, 0.5) is 4.39 Å². The van der Waals surface area contributed by atoms with Gasteiger partial charge in [-0.05, 0) is 18.2 Å². The van der Waals surface area contributed by atoms with Gasteiger partial charge < -0.3 is 9.30 Å². The molecule has 0 saturated heterocycles. The van der Waals surface area contributed by atoms with E-state index in [2.05, 4.69) is 4.99 Å². The number of hydrogen-bond acceptors (Lipinski definition) is 3. The molecule has 0 saturated carbocycles. The summed E-state index contributed by atoms with van der Waals surface area (Å²) in [5.41, 5.74) is 1.76. The van der Waals surface area contributed by atoms with Crippen molar-refractivity contribution in [3.05, 3.63) is 34.2 Å². The zero-order valence-corrected chi connectivity index (χ0v) is 10.7. The minimum Gasteiger partial charge on any atom is -0.494 e. The third-order valence-corrected chi connectivity index (χ3v) is 3.57. The van der Waals surface area contributed by atoms with Crippen molar-refractivity contribution in [3.63, 3.8) is 0 Å². The van der Waals surface area contributed by atoms with Crippen molar-refractivity contribution in [1.82, 2.24) is 4.57 Å². The highest BCUT2D eigenvalue weighted by molar-refractivity contribution is 7.07. The highest BCUT2D eigenvalue weighted by Gasteiger charge is 2.08. The first kappa shape index (κ1) is 11.9. The van der Waals surface area contributed by atoms with E-state index in [1.807, 2.05) is 23.1 Å². The van der Waals surface area contributed by atoms with E-state index in [1.165, 1.54) is 24.5 Å². The van der Waals surface area contributed by atoms with Gasteiger partial charge in [0.05, 0.1) is 12.8 Å². The maximum absolute atomic E-state index is 13.6. The molecule has 0 N–H and O–H groups in total. The fraction of sp³-hybridized carbons (Fsp3) is 0.250. The second-order valence-corrected chi connectivity index (χ2v) is 4.37. The van der Waals surface area contributed by atoms with Gasteiger partial charge in [-0.1, -0.05) is 0 Å². The highest BCUT2D eigenvalue weighted by Crippen LogP contribution is 2.25. The lowest BCUT2D eigenvalue weighted by atomic mass is 10.1. The van der Waals surface area contributed by atoms with Crippen molar-refractivity contribution < 1.29 is 9.13 Å². The number of rotatable bonds is 2. The zero-order chi connectivity index (χ0) is 12.4. The predicted molar refractivity (Wildman–Crippen MR) is 66.7 cm³/mol. The summed E-state index contributed by atoms with van der Waals surface area (Å²) < 4.78 is 20.4. The van der Waals surface area contributed by atoms with E-state index in [0.717, 1.165) is 16.1 Å². The van der Waals surface area contributed by atoms with Crippen LogP contribution < -0.4 is 9.54 Å². The molecular weight excluding hydrogens is 239 g/mol. The van der Waals surface area contributed by atoms with Crippen LogP contribution in [0.2, 0.25) is 0 Å². The summed E-state index contributed by atoms with van der Waals surface area (Å²) in [6.07, 6.45) is 0. The summed E-state index contributed by atoms with van der Waals surface area (Å²) in [7, 11) is 5.11. The quantitative estimate of drug-likeness (QED) is 0.806. The van der Waals surface area contributed by atoms with E-state index in [0.29, 0.717) is 0 Å². The topological polar surface area (TPSA) is 26.5 Å². The molecule has 5 heteroatoms. The van der Waals surface area contributed by atoms with Gasteiger partial charge in [0.2, 0.25) is 0 Å². The second-order valence-electron chi connectivity index (χ2n) is 3.54. The predicted octanol–water partition coefficient (Wildman–Crippen LogP) is 2.43. The first-order chi connectivity index (χ1) is 8.17. The lowest BCUT2D eigenvalue weighted by Crippen LogP contribution is -2.10. The van der Waals surface area contributed by atoms with Crippen molar-refractivity contribution in [1.29, 1.82) is 0 Å². The molecule has 0 bridgehead atoms. The van der Waals surface area contributed by atoms with Gasteiger partial charge in [0.15, 0.2) is 16.4 Å². The molecule has 0 aliphatic carbocycles. The number of nitrogens with zero attached hydrogens (tertiary/aromatic N) is 2. The molecule has 0 amide bonds. The van der Waals surface area contributed by atoms with Crippen molar-refractivity contribution in [2.24, 2.45) is 12.0 Å². The highest BCUT2D eigenvalue weighted by atomic mass is 32.1. The molecule has 3 nitrogen and oxygen atoms in total. The Morgan fingerprint density at radius 1 is 1.41 bits per heavy atom. The van der Waals surface area contributed by atoms with Crippen LogP contribution in [-0.4, -0.2) is 18.7 Å². The number of aromatic nitrogens is 1. The fourth-order valence-corrected chi connectivity index (χ4v) is 2.53. The average Bonchev–Trinajstić information content (AvgIpc) is 2.70. The maximum Gasteiger partial charge on any atom is 0.184 e. The van der Waals surface area contributed by atoms with Crippen molar-refractivity contribution in [2.75, 3.05) is 14.2 Å². The van der Waals surface area contributed by atoms with Crippen LogP contribution >= 0.6 is 11.3 Å². The average molecular weight is 252 g/mol. The summed E-state index contributed by atoms with van der Waals surface area (Å²) in [4.78, 5) is 5.03. The maximum atomic E-state index is 13.6. The SMILES string of the molecule is CN=c1scc(-c2ccc(OC)c(F)c2)n1C. The summed E-state index contributed by atoms with van der Waals surface area (Å²) >= 11 is 1.53. The van der Waals surface area contributed by atoms with Crippen LogP contribution in [0.3, 0.4) is 0 Å². The third kappa shape index (κ3) is 2.10. The number of halogens is 1. The molecule has 0 spiro atoms. The van der Waals surface area contributed by atoms with E-state index in [4.69, 9.17) is 4.74 Å². The minimum absolute atomic E-state index is 0.257. The Bertz CT molecular complexity index is 601. The van der Waals surface area contributed by atoms with E-state index in [1.54, 1.807) is 13.1 Å². The van der Waals surface area contributed by atoms with Crippen molar-refractivity contribution in [3.8, 4) is 17.0 Å². The Labute approximate surface area is 103 Å². The number of methoxy groups -OCH3 is 1. The fourth-order valence-electron chi connectivity index (χ4n) is 1.66. The molecule has 17 heavy (non-hydrogen) atoms. The minimum atomic E-state index is -0.355. The largest absolute Gasteiger partial charge is 0.494 e. The molecule has 0 radical (unpaired) electrons. The van der Waals surface area contributed by atoms with E-state index >= 15 is 0 Å². The first-order valence-electron chi connectivity index (χ1n) is 5.08. The Morgan fingerprint density at radius 2 is 2.18 bits per heavy atom. The van der Waals surface area contributed by atoms with Crippen LogP contribution in [0, 0.1) is 5.82 Å². The van der Waals surface area contributed by atoms with E-state index in [-0.39, 0.29) is 11.6 Å². The lowest BCUT2D eigenvalue weighted by Gasteiger charge is -2.05. The molecule has 0 atom stereocenters. The molecule has 1 aromatic carbocycles. The smallest absolute Gasteiger partial charge is 0.184 e. The normalized spacial score (nSPS) is 11.9. The van der Waals surface area contributed by atoms with E-state index < -0.39 is 0 Å². The van der Waals surface area contributed by atoms with E-state index in [9.17, 15) is 4.39 Å². The number of hydrogen-bond donors (Lipinski definition) is 0. The monoisotopic (exact) mass is 252 g/mol. The molecule has 0 unspecified atom stereocenters. The standard InChI is InChI=1S/C12H13FN2OS/c1-14-12-15(2)10(7-17-12)8-4-5-11(16-3)9(13)6-8/h4-7H,1-3H3. The Kier molecular flexibility index (Phi) is 3.28. The summed E-state index contributed by atoms with van der Waals surface area (Å²) in [6, 6.07) is 4.94.